The Labute approximate surface area is 131 Å². The van der Waals surface area contributed by atoms with Crippen LogP contribution >= 0.6 is 34.0 Å². The van der Waals surface area contributed by atoms with Crippen LogP contribution < -0.4 is 21.5 Å². The highest BCUT2D eigenvalue weighted by atomic mass is 79.9. The quantitative estimate of drug-likeness (QED) is 0.591. The second kappa shape index (κ2) is 13.7. The minimum atomic E-state index is 0. The predicted octanol–water partition coefficient (Wildman–Crippen LogP) is 0.536. The Balaban J connectivity index is -0.000000563. The lowest BCUT2D eigenvalue weighted by Gasteiger charge is -1.93. The molecule has 0 fully saturated rings. The second-order valence-electron chi connectivity index (χ2n) is 3.60. The third-order valence-electron chi connectivity index (χ3n) is 2.29. The molecule has 1 aromatic heterocycles. The van der Waals surface area contributed by atoms with Gasteiger partial charge in [-0.1, -0.05) is 26.7 Å². The van der Waals surface area contributed by atoms with Crippen LogP contribution in [0.1, 0.15) is 39.5 Å². The van der Waals surface area contributed by atoms with E-state index in [-0.39, 0.29) is 50.9 Å². The highest BCUT2D eigenvalue weighted by Crippen LogP contribution is 1.93. The molecule has 2 nitrogen and oxygen atoms in total. The van der Waals surface area contributed by atoms with Gasteiger partial charge < -0.3 is 17.0 Å². The van der Waals surface area contributed by atoms with Gasteiger partial charge in [0.2, 0.25) is 6.33 Å². The Morgan fingerprint density at radius 1 is 1.06 bits per heavy atom. The number of nitrogens with zero attached hydrogens (tertiary/aromatic N) is 2. The molecule has 0 N–H and O–H groups in total. The van der Waals surface area contributed by atoms with Gasteiger partial charge in [0.1, 0.15) is 12.4 Å². The summed E-state index contributed by atoms with van der Waals surface area (Å²) < 4.78 is 4.55. The maximum Gasteiger partial charge on any atom is 0.243 e. The Morgan fingerprint density at radius 2 is 1.69 bits per heavy atom. The van der Waals surface area contributed by atoms with E-state index in [1.807, 2.05) is 0 Å². The summed E-state index contributed by atoms with van der Waals surface area (Å²) >= 11 is 0. The molecular weight excluding hydrogens is 400 g/mol. The first-order valence-electron chi connectivity index (χ1n) is 5.41. The lowest BCUT2D eigenvalue weighted by atomic mass is 10.3. The van der Waals surface area contributed by atoms with Crippen LogP contribution in [-0.2, 0) is 13.1 Å². The number of hydrogen-bond acceptors (Lipinski definition) is 0. The van der Waals surface area contributed by atoms with Crippen molar-refractivity contribution in [2.24, 2.45) is 0 Å². The Hall–Kier alpha value is 0.650. The lowest BCUT2D eigenvalue weighted by Crippen LogP contribution is -3.00. The molecular formula is C11H23Br3N2. The normalized spacial score (nSPS) is 8.62. The third kappa shape index (κ3) is 8.76. The largest absolute Gasteiger partial charge is 1.00 e. The van der Waals surface area contributed by atoms with E-state index in [4.69, 9.17) is 0 Å². The zero-order valence-electron chi connectivity index (χ0n) is 10.1. The molecule has 0 aromatic carbocycles. The standard InChI is InChI=1S/C11H21N2.3BrH/c1-3-5-7-12-9-10-13(11-12)8-6-4-2;;;/h9-11H,3-8H2,1-2H3;3*1H/q+1;;;/p-1. The maximum absolute atomic E-state index is 2.28. The van der Waals surface area contributed by atoms with Gasteiger partial charge in [0.05, 0.1) is 13.1 Å². The summed E-state index contributed by atoms with van der Waals surface area (Å²) in [6.45, 7) is 6.79. The topological polar surface area (TPSA) is 8.81 Å². The predicted molar refractivity (Wildman–Crippen MR) is 75.1 cm³/mol. The minimum Gasteiger partial charge on any atom is -1.00 e. The molecule has 1 rings (SSSR count). The average Bonchev–Trinajstić information content (AvgIpc) is 2.59. The molecule has 0 radical (unpaired) electrons. The lowest BCUT2D eigenvalue weighted by molar-refractivity contribution is -0.696. The zero-order valence-corrected chi connectivity index (χ0v) is 15.1. The van der Waals surface area contributed by atoms with Crippen LogP contribution in [0.3, 0.4) is 0 Å². The van der Waals surface area contributed by atoms with Crippen LogP contribution in [0.5, 0.6) is 0 Å². The number of aromatic nitrogens is 2. The number of hydrogen-bond donors (Lipinski definition) is 0. The zero-order chi connectivity index (χ0) is 9.52. The second-order valence-corrected chi connectivity index (χ2v) is 3.60. The number of rotatable bonds is 6. The molecule has 0 spiro atoms. The smallest absolute Gasteiger partial charge is 0.243 e. The molecule has 0 saturated heterocycles. The van der Waals surface area contributed by atoms with Crippen molar-refractivity contribution in [3.05, 3.63) is 18.7 Å². The van der Waals surface area contributed by atoms with Gasteiger partial charge in [-0.3, -0.25) is 0 Å². The Kier molecular flexibility index (Phi) is 18.8. The Morgan fingerprint density at radius 3 is 2.25 bits per heavy atom. The first-order chi connectivity index (χ1) is 6.36. The van der Waals surface area contributed by atoms with Gasteiger partial charge in [-0.25, -0.2) is 9.13 Å². The summed E-state index contributed by atoms with van der Waals surface area (Å²) in [6, 6.07) is 0. The van der Waals surface area contributed by atoms with E-state index in [1.165, 1.54) is 25.7 Å². The van der Waals surface area contributed by atoms with Crippen molar-refractivity contribution < 1.29 is 21.5 Å². The molecule has 0 saturated carbocycles. The number of imidazole rings is 1. The maximum atomic E-state index is 2.28. The molecule has 0 bridgehead atoms. The summed E-state index contributed by atoms with van der Waals surface area (Å²) in [4.78, 5) is 0. The number of unbranched alkanes of at least 4 members (excludes halogenated alkanes) is 2. The van der Waals surface area contributed by atoms with E-state index < -0.39 is 0 Å². The van der Waals surface area contributed by atoms with Crippen LogP contribution in [0.15, 0.2) is 18.7 Å². The van der Waals surface area contributed by atoms with Gasteiger partial charge in [0.25, 0.3) is 0 Å². The first kappa shape index (κ1) is 21.9. The molecule has 16 heavy (non-hydrogen) atoms. The van der Waals surface area contributed by atoms with Crippen molar-refractivity contribution in [1.82, 2.24) is 4.57 Å². The molecule has 0 unspecified atom stereocenters. The van der Waals surface area contributed by atoms with Crippen molar-refractivity contribution >= 4 is 34.0 Å². The van der Waals surface area contributed by atoms with E-state index >= 15 is 0 Å². The molecule has 5 heteroatoms. The fourth-order valence-corrected chi connectivity index (χ4v) is 1.38. The molecule has 0 amide bonds. The van der Waals surface area contributed by atoms with Crippen molar-refractivity contribution in [3.8, 4) is 0 Å². The fraction of sp³-hybridized carbons (Fsp3) is 0.727. The van der Waals surface area contributed by atoms with Gasteiger partial charge in [0, 0.05) is 0 Å². The minimum absolute atomic E-state index is 0. The van der Waals surface area contributed by atoms with Gasteiger partial charge in [-0.15, -0.1) is 34.0 Å². The Bertz CT molecular complexity index is 216. The van der Waals surface area contributed by atoms with Gasteiger partial charge in [-0.05, 0) is 12.8 Å². The number of aryl methyl sites for hydroxylation is 2. The van der Waals surface area contributed by atoms with E-state index in [9.17, 15) is 0 Å². The summed E-state index contributed by atoms with van der Waals surface area (Å²) in [6.07, 6.45) is 11.7. The third-order valence-corrected chi connectivity index (χ3v) is 2.29. The van der Waals surface area contributed by atoms with E-state index in [1.54, 1.807) is 0 Å². The van der Waals surface area contributed by atoms with Crippen LogP contribution in [-0.4, -0.2) is 4.57 Å². The summed E-state index contributed by atoms with van der Waals surface area (Å²) in [5.41, 5.74) is 0. The van der Waals surface area contributed by atoms with Crippen LogP contribution in [0.25, 0.3) is 0 Å². The van der Waals surface area contributed by atoms with E-state index in [0.717, 1.165) is 13.1 Å². The monoisotopic (exact) mass is 420 g/mol. The van der Waals surface area contributed by atoms with Gasteiger partial charge >= 0.3 is 0 Å². The fourth-order valence-electron chi connectivity index (χ4n) is 1.38. The van der Waals surface area contributed by atoms with Crippen LogP contribution in [0, 0.1) is 0 Å². The van der Waals surface area contributed by atoms with Crippen molar-refractivity contribution in [1.29, 1.82) is 0 Å². The summed E-state index contributed by atoms with van der Waals surface area (Å²) in [5, 5.41) is 0. The highest BCUT2D eigenvalue weighted by molar-refractivity contribution is 8.93. The highest BCUT2D eigenvalue weighted by Gasteiger charge is 2.01. The SMILES string of the molecule is Br.Br.CCCCn1cc[n+](CCCC)c1.[Br-]. The molecule has 0 aliphatic rings. The summed E-state index contributed by atoms with van der Waals surface area (Å²) in [5.74, 6) is 0. The number of halogens is 3. The van der Waals surface area contributed by atoms with Crippen molar-refractivity contribution in [2.45, 2.75) is 52.6 Å². The molecule has 0 aliphatic heterocycles. The molecule has 1 heterocycles. The van der Waals surface area contributed by atoms with Gasteiger partial charge in [-0.2, -0.15) is 0 Å². The molecule has 1 aromatic rings. The van der Waals surface area contributed by atoms with E-state index in [2.05, 4.69) is 41.7 Å². The first-order valence-corrected chi connectivity index (χ1v) is 5.41. The van der Waals surface area contributed by atoms with Gasteiger partial charge in [0.15, 0.2) is 0 Å². The average molecular weight is 423 g/mol. The van der Waals surface area contributed by atoms with E-state index in [0.29, 0.717) is 0 Å². The van der Waals surface area contributed by atoms with Crippen LogP contribution in [0.2, 0.25) is 0 Å². The van der Waals surface area contributed by atoms with Crippen molar-refractivity contribution in [2.75, 3.05) is 0 Å². The molecule has 98 valence electrons. The summed E-state index contributed by atoms with van der Waals surface area (Å²) in [7, 11) is 0. The molecule has 0 atom stereocenters. The van der Waals surface area contributed by atoms with Crippen LogP contribution in [0.4, 0.5) is 0 Å². The molecule has 0 aliphatic carbocycles. The van der Waals surface area contributed by atoms with Crippen molar-refractivity contribution in [3.63, 3.8) is 0 Å².